The van der Waals surface area contributed by atoms with Gasteiger partial charge in [-0.05, 0) is 6.07 Å². The normalized spacial score (nSPS) is 10.8. The van der Waals surface area contributed by atoms with Crippen molar-refractivity contribution in [2.45, 2.75) is 20.5 Å². The molecule has 0 bridgehead atoms. The third-order valence-corrected chi connectivity index (χ3v) is 2.30. The van der Waals surface area contributed by atoms with Crippen molar-refractivity contribution >= 4 is 27.8 Å². The number of fused-ring (bicyclic) bond motifs is 2. The molecular weight excluding hydrogens is 220 g/mol. The molecule has 6 nitrogen and oxygen atoms in total. The van der Waals surface area contributed by atoms with Gasteiger partial charge in [0.2, 0.25) is 5.43 Å². The van der Waals surface area contributed by atoms with Gasteiger partial charge < -0.3 is 10.8 Å². The Balaban J connectivity index is 0.000000514. The number of anilines is 1. The van der Waals surface area contributed by atoms with E-state index >= 15 is 0 Å². The number of aliphatic hydroxyl groups excluding tert-OH is 1. The molecule has 0 aliphatic rings. The highest BCUT2D eigenvalue weighted by atomic mass is 16.3. The first-order valence-corrected chi connectivity index (χ1v) is 5.33. The summed E-state index contributed by atoms with van der Waals surface area (Å²) in [5, 5.41) is 10.0. The van der Waals surface area contributed by atoms with E-state index in [1.165, 1.54) is 0 Å². The molecule has 2 heterocycles. The van der Waals surface area contributed by atoms with E-state index in [0.717, 1.165) is 0 Å². The summed E-state index contributed by atoms with van der Waals surface area (Å²) in [6.07, 6.45) is 0. The van der Waals surface area contributed by atoms with Crippen LogP contribution in [0.4, 0.5) is 5.82 Å². The summed E-state index contributed by atoms with van der Waals surface area (Å²) in [5.74, 6) is 0.444. The van der Waals surface area contributed by atoms with Crippen LogP contribution in [0, 0.1) is 0 Å². The predicted molar refractivity (Wildman–Crippen MR) is 65.2 cm³/mol. The van der Waals surface area contributed by atoms with Gasteiger partial charge in [0.25, 0.3) is 0 Å². The van der Waals surface area contributed by atoms with Crippen molar-refractivity contribution in [2.24, 2.45) is 0 Å². The van der Waals surface area contributed by atoms with Crippen LogP contribution >= 0.6 is 0 Å². The van der Waals surface area contributed by atoms with Gasteiger partial charge in [-0.3, -0.25) is 4.79 Å². The van der Waals surface area contributed by atoms with E-state index in [4.69, 9.17) is 10.8 Å². The van der Waals surface area contributed by atoms with Gasteiger partial charge in [-0.1, -0.05) is 13.8 Å². The average Bonchev–Trinajstić information content (AvgIpc) is 3.00. The van der Waals surface area contributed by atoms with Crippen LogP contribution in [0.15, 0.2) is 10.9 Å². The van der Waals surface area contributed by atoms with Gasteiger partial charge in [0.15, 0.2) is 11.5 Å². The lowest BCUT2D eigenvalue weighted by molar-refractivity contribution is 0.272. The molecule has 0 atom stereocenters. The number of hydrogen-bond donors (Lipinski definition) is 2. The summed E-state index contributed by atoms with van der Waals surface area (Å²) >= 11 is 0. The second-order valence-electron chi connectivity index (χ2n) is 3.27. The van der Waals surface area contributed by atoms with Crippen molar-refractivity contribution in [2.75, 3.05) is 5.73 Å². The molecule has 0 fully saturated rings. The van der Waals surface area contributed by atoms with E-state index < -0.39 is 0 Å². The highest BCUT2D eigenvalue weighted by molar-refractivity contribution is 6.03. The topological polar surface area (TPSA) is 102 Å². The summed E-state index contributed by atoms with van der Waals surface area (Å²) in [7, 11) is 0. The molecule has 2 aromatic heterocycles. The predicted octanol–water partition coefficient (Wildman–Crippen LogP) is 0.514. The number of nitrogens with zero attached hydrogens (tertiary/aromatic N) is 3. The molecule has 3 N–H and O–H groups in total. The number of aliphatic hydroxyl groups is 1. The van der Waals surface area contributed by atoms with Crippen molar-refractivity contribution in [3.63, 3.8) is 0 Å². The lowest BCUT2D eigenvalue weighted by Gasteiger charge is -2.00. The lowest BCUT2D eigenvalue weighted by atomic mass is 10.3. The lowest BCUT2D eigenvalue weighted by Crippen LogP contribution is -2.01. The number of aromatic nitrogens is 3. The number of nitrogens with two attached hydrogens (primary N) is 1. The molecule has 1 aromatic carbocycles. The quantitative estimate of drug-likeness (QED) is 0.634. The minimum absolute atomic E-state index is 0.0713. The van der Waals surface area contributed by atoms with E-state index in [-0.39, 0.29) is 23.7 Å². The van der Waals surface area contributed by atoms with E-state index in [1.807, 2.05) is 13.8 Å². The smallest absolute Gasteiger partial charge is 0.214 e. The van der Waals surface area contributed by atoms with Crippen molar-refractivity contribution in [3.8, 4) is 0 Å². The summed E-state index contributed by atoms with van der Waals surface area (Å²) in [6, 6.07) is 1.64. The Bertz CT molecular complexity index is 698. The van der Waals surface area contributed by atoms with Gasteiger partial charge in [-0.25, -0.2) is 15.0 Å². The van der Waals surface area contributed by atoms with Gasteiger partial charge in [0.1, 0.15) is 17.9 Å². The van der Waals surface area contributed by atoms with E-state index in [1.54, 1.807) is 6.07 Å². The summed E-state index contributed by atoms with van der Waals surface area (Å²) in [5.41, 5.74) is 6.38. The first-order chi connectivity index (χ1) is 8.20. The molecule has 17 heavy (non-hydrogen) atoms. The van der Waals surface area contributed by atoms with Crippen LogP contribution in [0.1, 0.15) is 19.7 Å². The SMILES string of the molecule is CC.Nc1nc(CO)nc2nc3c(=O)c3cc12. The maximum absolute atomic E-state index is 11.1. The number of rotatable bonds is 1. The molecule has 3 rings (SSSR count). The van der Waals surface area contributed by atoms with Crippen LogP contribution in [0.2, 0.25) is 0 Å². The average molecular weight is 232 g/mol. The maximum Gasteiger partial charge on any atom is 0.214 e. The van der Waals surface area contributed by atoms with Crippen LogP contribution in [-0.4, -0.2) is 20.1 Å². The fourth-order valence-corrected chi connectivity index (χ4v) is 1.48. The Morgan fingerprint density at radius 3 is 2.59 bits per heavy atom. The number of nitrogen functional groups attached to an aromatic ring is 1. The first kappa shape index (κ1) is 11.4. The molecular formula is C11H12N4O2. The second-order valence-corrected chi connectivity index (χ2v) is 3.27. The minimum atomic E-state index is -0.299. The molecule has 0 saturated carbocycles. The van der Waals surface area contributed by atoms with Crippen LogP contribution in [0.5, 0.6) is 0 Å². The maximum atomic E-state index is 11.1. The van der Waals surface area contributed by atoms with Crippen LogP contribution in [-0.2, 0) is 6.61 Å². The van der Waals surface area contributed by atoms with E-state index in [0.29, 0.717) is 21.9 Å². The molecule has 0 amide bonds. The zero-order valence-electron chi connectivity index (χ0n) is 9.56. The third-order valence-electron chi connectivity index (χ3n) is 2.30. The zero-order chi connectivity index (χ0) is 12.6. The van der Waals surface area contributed by atoms with E-state index in [9.17, 15) is 4.79 Å². The molecule has 0 aliphatic carbocycles. The molecule has 0 unspecified atom stereocenters. The highest BCUT2D eigenvalue weighted by Crippen LogP contribution is 2.22. The van der Waals surface area contributed by atoms with Crippen LogP contribution in [0.25, 0.3) is 21.9 Å². The van der Waals surface area contributed by atoms with Crippen molar-refractivity contribution < 1.29 is 5.11 Å². The standard InChI is InChI=1S/C9H6N4O2.C2H6/c10-8-4-1-3-6(7(3)15)13-9(4)12-5(2-14)11-8;1-2/h1,14H,2H2,(H2,10,11,12,13);1-2H3. The molecule has 3 aromatic rings. The molecule has 0 saturated heterocycles. The largest absolute Gasteiger partial charge is 0.388 e. The molecule has 88 valence electrons. The van der Waals surface area contributed by atoms with Crippen molar-refractivity contribution in [1.29, 1.82) is 0 Å². The Hall–Kier alpha value is -2.08. The van der Waals surface area contributed by atoms with Gasteiger partial charge in [-0.2, -0.15) is 0 Å². The van der Waals surface area contributed by atoms with Gasteiger partial charge in [0, 0.05) is 0 Å². The molecule has 0 aliphatic heterocycles. The summed E-state index contributed by atoms with van der Waals surface area (Å²) < 4.78 is 0. The van der Waals surface area contributed by atoms with Crippen LogP contribution in [0.3, 0.4) is 0 Å². The Kier molecular flexibility index (Phi) is 2.72. The minimum Gasteiger partial charge on any atom is -0.388 e. The number of pyridine rings is 1. The summed E-state index contributed by atoms with van der Waals surface area (Å²) in [4.78, 5) is 23.0. The molecule has 0 radical (unpaired) electrons. The summed E-state index contributed by atoms with van der Waals surface area (Å²) in [6.45, 7) is 3.70. The third kappa shape index (κ3) is 1.72. The van der Waals surface area contributed by atoms with Gasteiger partial charge in [-0.15, -0.1) is 0 Å². The zero-order valence-corrected chi connectivity index (χ0v) is 9.56. The van der Waals surface area contributed by atoms with E-state index in [2.05, 4.69) is 15.0 Å². The Labute approximate surface area is 96.8 Å². The molecule has 6 heteroatoms. The fourth-order valence-electron chi connectivity index (χ4n) is 1.48. The Morgan fingerprint density at radius 2 is 1.94 bits per heavy atom. The van der Waals surface area contributed by atoms with Crippen molar-refractivity contribution in [1.82, 2.24) is 15.0 Å². The first-order valence-electron chi connectivity index (χ1n) is 5.33. The fraction of sp³-hybridized carbons (Fsp3) is 0.273. The highest BCUT2D eigenvalue weighted by Gasteiger charge is 2.17. The van der Waals surface area contributed by atoms with Gasteiger partial charge in [0.05, 0.1) is 10.8 Å². The van der Waals surface area contributed by atoms with Gasteiger partial charge >= 0.3 is 0 Å². The Morgan fingerprint density at radius 1 is 1.24 bits per heavy atom. The monoisotopic (exact) mass is 232 g/mol. The van der Waals surface area contributed by atoms with Crippen LogP contribution < -0.4 is 11.2 Å². The van der Waals surface area contributed by atoms with Crippen molar-refractivity contribution in [3.05, 3.63) is 22.1 Å². The number of hydrogen-bond acceptors (Lipinski definition) is 6. The molecule has 0 spiro atoms. The second kappa shape index (κ2) is 4.06.